The van der Waals surface area contributed by atoms with Crippen LogP contribution in [0.15, 0.2) is 77.3 Å². The summed E-state index contributed by atoms with van der Waals surface area (Å²) in [6.07, 6.45) is 1.16. The Morgan fingerprint density at radius 2 is 1.68 bits per heavy atom. The van der Waals surface area contributed by atoms with Crippen LogP contribution in [0.3, 0.4) is 0 Å². The third-order valence-electron chi connectivity index (χ3n) is 5.76. The van der Waals surface area contributed by atoms with E-state index in [2.05, 4.69) is 21.2 Å². The Labute approximate surface area is 235 Å². The van der Waals surface area contributed by atoms with Gasteiger partial charge in [0.05, 0.1) is 17.0 Å². The van der Waals surface area contributed by atoms with Gasteiger partial charge in [-0.3, -0.25) is 13.9 Å². The molecule has 0 aliphatic carbocycles. The van der Waals surface area contributed by atoms with E-state index in [1.807, 2.05) is 54.6 Å². The number of amides is 2. The number of hydrogen-bond donors (Lipinski definition) is 1. The maximum Gasteiger partial charge on any atom is 0.244 e. The number of benzene rings is 3. The van der Waals surface area contributed by atoms with Crippen LogP contribution in [0.5, 0.6) is 0 Å². The van der Waals surface area contributed by atoms with E-state index in [9.17, 15) is 22.4 Å². The van der Waals surface area contributed by atoms with Gasteiger partial charge >= 0.3 is 0 Å². The number of sulfonamides is 1. The number of likely N-dealkylation sites (N-methyl/N-ethyl adjacent to an activating group) is 1. The van der Waals surface area contributed by atoms with E-state index in [4.69, 9.17) is 11.6 Å². The zero-order valence-corrected chi connectivity index (χ0v) is 24.1. The van der Waals surface area contributed by atoms with Crippen molar-refractivity contribution in [3.05, 3.63) is 99.2 Å². The summed E-state index contributed by atoms with van der Waals surface area (Å²) in [4.78, 5) is 28.5. The molecule has 0 radical (unpaired) electrons. The van der Waals surface area contributed by atoms with Crippen LogP contribution in [0.25, 0.3) is 0 Å². The number of carbonyl (C=O) groups excluding carboxylic acids is 2. The smallest absolute Gasteiger partial charge is 0.244 e. The lowest BCUT2D eigenvalue weighted by Crippen LogP contribution is -2.53. The summed E-state index contributed by atoms with van der Waals surface area (Å²) in [7, 11) is -3.97. The molecule has 0 aliphatic rings. The summed E-state index contributed by atoms with van der Waals surface area (Å²) in [6.45, 7) is 1.58. The second-order valence-corrected chi connectivity index (χ2v) is 11.8. The van der Waals surface area contributed by atoms with Crippen molar-refractivity contribution < 1.29 is 22.4 Å². The molecule has 38 heavy (non-hydrogen) atoms. The zero-order chi connectivity index (χ0) is 27.9. The van der Waals surface area contributed by atoms with Crippen LogP contribution in [0.4, 0.5) is 10.1 Å². The van der Waals surface area contributed by atoms with Crippen LogP contribution in [-0.4, -0.2) is 50.5 Å². The molecule has 0 heterocycles. The molecule has 0 fully saturated rings. The van der Waals surface area contributed by atoms with Crippen molar-refractivity contribution in [2.45, 2.75) is 25.9 Å². The molecule has 1 unspecified atom stereocenters. The molecule has 3 aromatic rings. The SMILES string of the molecule is CCNC(=O)C(Cc1ccccc1)N(Cc1ccc(Br)cc1)C(=O)CN(c1ccc(F)c(Cl)c1)S(C)(=O)=O. The van der Waals surface area contributed by atoms with Gasteiger partial charge in [-0.15, -0.1) is 0 Å². The van der Waals surface area contributed by atoms with E-state index in [0.717, 1.165) is 38.3 Å². The van der Waals surface area contributed by atoms with E-state index < -0.39 is 34.3 Å². The Bertz CT molecular complexity index is 1370. The van der Waals surface area contributed by atoms with Crippen molar-refractivity contribution in [1.82, 2.24) is 10.2 Å². The average molecular weight is 625 g/mol. The highest BCUT2D eigenvalue weighted by atomic mass is 79.9. The van der Waals surface area contributed by atoms with Gasteiger partial charge in [-0.1, -0.05) is 70.0 Å². The van der Waals surface area contributed by atoms with Crippen LogP contribution in [0.1, 0.15) is 18.1 Å². The van der Waals surface area contributed by atoms with Crippen molar-refractivity contribution >= 4 is 55.1 Å². The fourth-order valence-corrected chi connectivity index (χ4v) is 5.17. The number of halogens is 3. The summed E-state index contributed by atoms with van der Waals surface area (Å²) in [5.74, 6) is -1.69. The first-order valence-electron chi connectivity index (χ1n) is 11.8. The molecule has 0 saturated heterocycles. The van der Waals surface area contributed by atoms with Crippen LogP contribution in [0.2, 0.25) is 5.02 Å². The Morgan fingerprint density at radius 3 is 2.26 bits per heavy atom. The van der Waals surface area contributed by atoms with Gasteiger partial charge in [0.1, 0.15) is 18.4 Å². The molecule has 2 amide bonds. The fraction of sp³-hybridized carbons (Fsp3) is 0.259. The summed E-state index contributed by atoms with van der Waals surface area (Å²) in [6, 6.07) is 19.0. The minimum atomic E-state index is -3.97. The average Bonchev–Trinajstić information content (AvgIpc) is 2.87. The van der Waals surface area contributed by atoms with Gasteiger partial charge in [0.25, 0.3) is 0 Å². The van der Waals surface area contributed by atoms with Crippen LogP contribution in [0, 0.1) is 5.82 Å². The number of rotatable bonds is 11. The van der Waals surface area contributed by atoms with Gasteiger partial charge in [0.2, 0.25) is 21.8 Å². The number of anilines is 1. The number of nitrogens with one attached hydrogen (secondary N) is 1. The van der Waals surface area contributed by atoms with Gasteiger partial charge in [0.15, 0.2) is 0 Å². The van der Waals surface area contributed by atoms with E-state index in [-0.39, 0.29) is 29.6 Å². The molecule has 11 heteroatoms. The number of nitrogens with zero attached hydrogens (tertiary/aromatic N) is 2. The van der Waals surface area contributed by atoms with Crippen molar-refractivity contribution in [1.29, 1.82) is 0 Å². The Morgan fingerprint density at radius 1 is 1.03 bits per heavy atom. The Hall–Kier alpha value is -2.95. The highest BCUT2D eigenvalue weighted by molar-refractivity contribution is 9.10. The van der Waals surface area contributed by atoms with Gasteiger partial charge in [-0.05, 0) is 48.4 Å². The third kappa shape index (κ3) is 8.02. The highest BCUT2D eigenvalue weighted by Crippen LogP contribution is 2.25. The largest absolute Gasteiger partial charge is 0.355 e. The molecule has 0 aliphatic heterocycles. The predicted octanol–water partition coefficient (Wildman–Crippen LogP) is 4.78. The molecule has 7 nitrogen and oxygen atoms in total. The molecule has 3 aromatic carbocycles. The van der Waals surface area contributed by atoms with Crippen LogP contribution < -0.4 is 9.62 Å². The minimum absolute atomic E-state index is 0.0356. The lowest BCUT2D eigenvalue weighted by Gasteiger charge is -2.33. The van der Waals surface area contributed by atoms with Crippen molar-refractivity contribution in [3.63, 3.8) is 0 Å². The van der Waals surface area contributed by atoms with Gasteiger partial charge < -0.3 is 10.2 Å². The first kappa shape index (κ1) is 29.6. The summed E-state index contributed by atoms with van der Waals surface area (Å²) in [5, 5.41) is 2.52. The predicted molar refractivity (Wildman–Crippen MR) is 151 cm³/mol. The Kier molecular flexibility index (Phi) is 10.3. The summed E-state index contributed by atoms with van der Waals surface area (Å²) >= 11 is 9.29. The molecule has 0 bridgehead atoms. The normalized spacial score (nSPS) is 12.0. The lowest BCUT2D eigenvalue weighted by atomic mass is 10.0. The first-order valence-corrected chi connectivity index (χ1v) is 14.8. The number of hydrogen-bond acceptors (Lipinski definition) is 4. The maximum atomic E-state index is 13.9. The van der Waals surface area contributed by atoms with Crippen LogP contribution >= 0.6 is 27.5 Å². The lowest BCUT2D eigenvalue weighted by molar-refractivity contribution is -0.140. The van der Waals surface area contributed by atoms with Crippen molar-refractivity contribution in [3.8, 4) is 0 Å². The first-order chi connectivity index (χ1) is 18.0. The van der Waals surface area contributed by atoms with E-state index >= 15 is 0 Å². The second kappa shape index (κ2) is 13.2. The zero-order valence-electron chi connectivity index (χ0n) is 20.9. The molecular weight excluding hydrogens is 597 g/mol. The van der Waals surface area contributed by atoms with Crippen LogP contribution in [-0.2, 0) is 32.6 Å². The third-order valence-corrected chi connectivity index (χ3v) is 7.72. The topological polar surface area (TPSA) is 86.8 Å². The maximum absolute atomic E-state index is 13.9. The monoisotopic (exact) mass is 623 g/mol. The summed E-state index contributed by atoms with van der Waals surface area (Å²) < 4.78 is 40.9. The highest BCUT2D eigenvalue weighted by Gasteiger charge is 2.33. The molecule has 0 spiro atoms. The molecule has 0 aromatic heterocycles. The van der Waals surface area contributed by atoms with Gasteiger partial charge in [-0.2, -0.15) is 0 Å². The molecule has 3 rings (SSSR count). The minimum Gasteiger partial charge on any atom is -0.355 e. The van der Waals surface area contributed by atoms with E-state index in [0.29, 0.717) is 6.54 Å². The second-order valence-electron chi connectivity index (χ2n) is 8.62. The molecule has 0 saturated carbocycles. The molecule has 1 N–H and O–H groups in total. The Balaban J connectivity index is 2.04. The summed E-state index contributed by atoms with van der Waals surface area (Å²) in [5.41, 5.74) is 1.62. The van der Waals surface area contributed by atoms with Gasteiger partial charge in [-0.25, -0.2) is 12.8 Å². The van der Waals surface area contributed by atoms with Crippen molar-refractivity contribution in [2.24, 2.45) is 0 Å². The quantitative estimate of drug-likeness (QED) is 0.333. The molecule has 202 valence electrons. The fourth-order valence-electron chi connectivity index (χ4n) is 3.89. The van der Waals surface area contributed by atoms with E-state index in [1.165, 1.54) is 11.0 Å². The van der Waals surface area contributed by atoms with Crippen molar-refractivity contribution in [2.75, 3.05) is 23.7 Å². The van der Waals surface area contributed by atoms with Gasteiger partial charge in [0, 0.05) is 24.0 Å². The van der Waals surface area contributed by atoms with E-state index in [1.54, 1.807) is 6.92 Å². The number of carbonyl (C=O) groups is 2. The standard InChI is InChI=1S/C27H28BrClFN3O4S/c1-3-31-27(35)25(15-19-7-5-4-6-8-19)32(17-20-9-11-21(28)12-10-20)26(34)18-33(38(2,36)37)22-13-14-24(30)23(29)16-22/h4-14,16,25H,3,15,17-18H2,1-2H3,(H,31,35). The molecule has 1 atom stereocenters. The molecular formula is C27H28BrClFN3O4S.